The number of hydrogen-bond acceptors (Lipinski definition) is 4. The zero-order valence-electron chi connectivity index (χ0n) is 10.9. The predicted octanol–water partition coefficient (Wildman–Crippen LogP) is 1.64. The molecule has 1 N–H and O–H groups in total. The van der Waals surface area contributed by atoms with E-state index in [0.29, 0.717) is 5.69 Å². The van der Waals surface area contributed by atoms with E-state index in [1.165, 1.54) is 0 Å². The number of ether oxygens (including phenoxy) is 1. The smallest absolute Gasteiger partial charge is 0.315 e. The van der Waals surface area contributed by atoms with Gasteiger partial charge in [-0.05, 0) is 25.1 Å². The van der Waals surface area contributed by atoms with Crippen LogP contribution in [0.2, 0.25) is 0 Å². The summed E-state index contributed by atoms with van der Waals surface area (Å²) in [6.45, 7) is 1.98. The van der Waals surface area contributed by atoms with Crippen molar-refractivity contribution >= 4 is 23.3 Å². The molecule has 0 aromatic heterocycles. The molecule has 1 aromatic carbocycles. The summed E-state index contributed by atoms with van der Waals surface area (Å²) in [6, 6.07) is 7.38. The fraction of sp³-hybridized carbons (Fsp3) is 0.385. The van der Waals surface area contributed by atoms with Gasteiger partial charge in [0.05, 0.1) is 6.61 Å². The number of rotatable bonds is 5. The maximum Gasteiger partial charge on any atom is 0.315 e. The minimum absolute atomic E-state index is 0.264. The third-order valence-corrected chi connectivity index (χ3v) is 2.26. The summed E-state index contributed by atoms with van der Waals surface area (Å²) in [6.07, 6.45) is -0.264. The Morgan fingerprint density at radius 3 is 2.67 bits per heavy atom. The van der Waals surface area contributed by atoms with Gasteiger partial charge in [0.2, 0.25) is 5.91 Å². The number of anilines is 2. The van der Waals surface area contributed by atoms with Crippen molar-refractivity contribution in [2.24, 2.45) is 0 Å². The monoisotopic (exact) mass is 250 g/mol. The van der Waals surface area contributed by atoms with Crippen LogP contribution in [0.3, 0.4) is 0 Å². The van der Waals surface area contributed by atoms with Gasteiger partial charge >= 0.3 is 5.97 Å². The molecule has 5 heteroatoms. The van der Waals surface area contributed by atoms with E-state index in [4.69, 9.17) is 4.74 Å². The summed E-state index contributed by atoms with van der Waals surface area (Å²) in [5.41, 5.74) is 1.64. The van der Waals surface area contributed by atoms with Crippen molar-refractivity contribution in [1.29, 1.82) is 0 Å². The van der Waals surface area contributed by atoms with Crippen LogP contribution in [-0.4, -0.2) is 32.6 Å². The lowest BCUT2D eigenvalue weighted by atomic mass is 10.2. The Bertz CT molecular complexity index is 430. The molecule has 0 saturated heterocycles. The van der Waals surface area contributed by atoms with Gasteiger partial charge in [-0.15, -0.1) is 0 Å². The first kappa shape index (κ1) is 14.0. The molecule has 0 radical (unpaired) electrons. The number of amides is 1. The summed E-state index contributed by atoms with van der Waals surface area (Å²) in [5.74, 6) is -0.886. The third kappa shape index (κ3) is 4.45. The Morgan fingerprint density at radius 1 is 1.33 bits per heavy atom. The summed E-state index contributed by atoms with van der Waals surface area (Å²) < 4.78 is 4.70. The molecule has 1 rings (SSSR count). The molecule has 0 spiro atoms. The molecule has 1 amide bonds. The van der Waals surface area contributed by atoms with Crippen LogP contribution in [0.25, 0.3) is 0 Å². The Balaban J connectivity index is 2.59. The molecule has 0 aliphatic heterocycles. The quantitative estimate of drug-likeness (QED) is 0.637. The topological polar surface area (TPSA) is 58.6 Å². The highest BCUT2D eigenvalue weighted by Gasteiger charge is 2.10. The number of hydrogen-bond donors (Lipinski definition) is 1. The molecule has 0 aliphatic rings. The van der Waals surface area contributed by atoms with Crippen LogP contribution in [0.4, 0.5) is 11.4 Å². The Kier molecular flexibility index (Phi) is 5.17. The molecule has 0 unspecified atom stereocenters. The molecule has 98 valence electrons. The first-order chi connectivity index (χ1) is 8.52. The van der Waals surface area contributed by atoms with Crippen molar-refractivity contribution in [2.75, 3.05) is 30.9 Å². The fourth-order valence-electron chi connectivity index (χ4n) is 1.41. The molecule has 0 aliphatic carbocycles. The Hall–Kier alpha value is -2.04. The van der Waals surface area contributed by atoms with Crippen LogP contribution in [0.1, 0.15) is 13.3 Å². The van der Waals surface area contributed by atoms with E-state index in [-0.39, 0.29) is 18.9 Å². The van der Waals surface area contributed by atoms with Crippen LogP contribution in [-0.2, 0) is 14.3 Å². The predicted molar refractivity (Wildman–Crippen MR) is 70.6 cm³/mol. The zero-order valence-corrected chi connectivity index (χ0v) is 10.9. The first-order valence-corrected chi connectivity index (χ1v) is 5.75. The molecule has 1 aromatic rings. The number of esters is 1. The van der Waals surface area contributed by atoms with E-state index in [1.54, 1.807) is 13.0 Å². The van der Waals surface area contributed by atoms with Gasteiger partial charge in [0.1, 0.15) is 6.42 Å². The van der Waals surface area contributed by atoms with Gasteiger partial charge in [0, 0.05) is 25.5 Å². The van der Waals surface area contributed by atoms with Gasteiger partial charge in [-0.2, -0.15) is 0 Å². The number of nitrogens with one attached hydrogen (secondary N) is 1. The largest absolute Gasteiger partial charge is 0.466 e. The van der Waals surface area contributed by atoms with Crippen molar-refractivity contribution in [3.05, 3.63) is 24.3 Å². The van der Waals surface area contributed by atoms with Gasteiger partial charge in [0.25, 0.3) is 0 Å². The number of nitrogens with zero attached hydrogens (tertiary/aromatic N) is 1. The molecular formula is C13H18N2O3. The molecule has 0 fully saturated rings. The van der Waals surface area contributed by atoms with E-state index in [9.17, 15) is 9.59 Å². The standard InChI is InChI=1S/C13H18N2O3/c1-4-18-13(17)9-12(16)14-10-6-5-7-11(8-10)15(2)3/h5-8H,4,9H2,1-3H3,(H,14,16). The van der Waals surface area contributed by atoms with Gasteiger partial charge in [-0.1, -0.05) is 6.07 Å². The van der Waals surface area contributed by atoms with Crippen LogP contribution in [0.5, 0.6) is 0 Å². The average molecular weight is 250 g/mol. The van der Waals surface area contributed by atoms with E-state index in [2.05, 4.69) is 5.32 Å². The van der Waals surface area contributed by atoms with Crippen molar-refractivity contribution < 1.29 is 14.3 Å². The van der Waals surface area contributed by atoms with E-state index < -0.39 is 5.97 Å². The maximum absolute atomic E-state index is 11.6. The SMILES string of the molecule is CCOC(=O)CC(=O)Nc1cccc(N(C)C)c1. The molecule has 0 saturated carbocycles. The molecule has 18 heavy (non-hydrogen) atoms. The highest BCUT2D eigenvalue weighted by atomic mass is 16.5. The molecule has 0 heterocycles. The molecule has 0 bridgehead atoms. The Morgan fingerprint density at radius 2 is 2.06 bits per heavy atom. The van der Waals surface area contributed by atoms with Crippen molar-refractivity contribution in [3.8, 4) is 0 Å². The fourth-order valence-corrected chi connectivity index (χ4v) is 1.41. The van der Waals surface area contributed by atoms with Gasteiger partial charge < -0.3 is 15.0 Å². The summed E-state index contributed by atoms with van der Waals surface area (Å²) in [7, 11) is 3.83. The van der Waals surface area contributed by atoms with Gasteiger partial charge in [0.15, 0.2) is 0 Å². The van der Waals surface area contributed by atoms with Crippen LogP contribution in [0.15, 0.2) is 24.3 Å². The summed E-state index contributed by atoms with van der Waals surface area (Å²) >= 11 is 0. The maximum atomic E-state index is 11.6. The lowest BCUT2D eigenvalue weighted by molar-refractivity contribution is -0.145. The van der Waals surface area contributed by atoms with Crippen molar-refractivity contribution in [2.45, 2.75) is 13.3 Å². The first-order valence-electron chi connectivity index (χ1n) is 5.75. The van der Waals surface area contributed by atoms with Crippen LogP contribution < -0.4 is 10.2 Å². The second-order valence-electron chi connectivity index (χ2n) is 3.97. The van der Waals surface area contributed by atoms with Crippen molar-refractivity contribution in [1.82, 2.24) is 0 Å². The number of carbonyl (C=O) groups excluding carboxylic acids is 2. The van der Waals surface area contributed by atoms with Crippen LogP contribution in [0, 0.1) is 0 Å². The van der Waals surface area contributed by atoms with Crippen LogP contribution >= 0.6 is 0 Å². The van der Waals surface area contributed by atoms with E-state index in [1.807, 2.05) is 37.2 Å². The number of carbonyl (C=O) groups is 2. The van der Waals surface area contributed by atoms with Gasteiger partial charge in [-0.3, -0.25) is 9.59 Å². The normalized spacial score (nSPS) is 9.72. The minimum Gasteiger partial charge on any atom is -0.466 e. The lowest BCUT2D eigenvalue weighted by Gasteiger charge is -2.13. The lowest BCUT2D eigenvalue weighted by Crippen LogP contribution is -2.18. The average Bonchev–Trinajstić information content (AvgIpc) is 2.29. The molecule has 5 nitrogen and oxygen atoms in total. The molecule has 0 atom stereocenters. The molecular weight excluding hydrogens is 232 g/mol. The second-order valence-corrected chi connectivity index (χ2v) is 3.97. The van der Waals surface area contributed by atoms with E-state index in [0.717, 1.165) is 5.69 Å². The zero-order chi connectivity index (χ0) is 13.5. The highest BCUT2D eigenvalue weighted by Crippen LogP contribution is 2.17. The number of benzene rings is 1. The summed E-state index contributed by atoms with van der Waals surface area (Å²) in [5, 5.41) is 2.66. The van der Waals surface area contributed by atoms with Gasteiger partial charge in [-0.25, -0.2) is 0 Å². The third-order valence-electron chi connectivity index (χ3n) is 2.26. The summed E-state index contributed by atoms with van der Waals surface area (Å²) in [4.78, 5) is 24.6. The Labute approximate surface area is 107 Å². The highest BCUT2D eigenvalue weighted by molar-refractivity contribution is 6.02. The van der Waals surface area contributed by atoms with Crippen molar-refractivity contribution in [3.63, 3.8) is 0 Å². The minimum atomic E-state index is -0.515. The second kappa shape index (κ2) is 6.64. The van der Waals surface area contributed by atoms with E-state index >= 15 is 0 Å².